The Morgan fingerprint density at radius 3 is 2.62 bits per heavy atom. The van der Waals surface area contributed by atoms with E-state index in [1.165, 1.54) is 19.3 Å². The number of anilines is 1. The highest BCUT2D eigenvalue weighted by atomic mass is 16.5. The topological polar surface area (TPSA) is 76.1 Å². The number of hydrogen-bond donors (Lipinski definition) is 2. The maximum atomic E-state index is 12.0. The number of hydrogen-bond acceptors (Lipinski definition) is 5. The quantitative estimate of drug-likeness (QED) is 0.867. The Labute approximate surface area is 125 Å². The van der Waals surface area contributed by atoms with E-state index >= 15 is 0 Å². The average Bonchev–Trinajstić information content (AvgIpc) is 2.48. The third-order valence-corrected chi connectivity index (χ3v) is 3.79. The van der Waals surface area contributed by atoms with E-state index in [0.29, 0.717) is 23.6 Å². The zero-order valence-corrected chi connectivity index (χ0v) is 13.0. The average molecular weight is 292 g/mol. The van der Waals surface area contributed by atoms with Crippen molar-refractivity contribution in [3.63, 3.8) is 0 Å². The van der Waals surface area contributed by atoms with Crippen LogP contribution in [0.4, 0.5) is 5.82 Å². The number of nitrogens with zero attached hydrogens (tertiary/aromatic N) is 2. The van der Waals surface area contributed by atoms with Crippen LogP contribution in [0.1, 0.15) is 43.5 Å². The molecule has 1 fully saturated rings. The molecule has 0 saturated heterocycles. The fourth-order valence-electron chi connectivity index (χ4n) is 2.66. The van der Waals surface area contributed by atoms with Gasteiger partial charge < -0.3 is 15.4 Å². The van der Waals surface area contributed by atoms with Crippen LogP contribution in [-0.2, 0) is 4.79 Å². The molecule has 0 unspecified atom stereocenters. The van der Waals surface area contributed by atoms with E-state index < -0.39 is 0 Å². The molecule has 1 aliphatic rings. The van der Waals surface area contributed by atoms with Gasteiger partial charge in [-0.3, -0.25) is 4.79 Å². The molecule has 0 bridgehead atoms. The summed E-state index contributed by atoms with van der Waals surface area (Å²) in [4.78, 5) is 20.5. The number of ether oxygens (including phenoxy) is 1. The van der Waals surface area contributed by atoms with Crippen LogP contribution >= 0.6 is 0 Å². The zero-order chi connectivity index (χ0) is 15.2. The molecule has 2 rings (SSSR count). The minimum Gasteiger partial charge on any atom is -0.481 e. The Balaban J connectivity index is 1.90. The van der Waals surface area contributed by atoms with Crippen LogP contribution in [0.3, 0.4) is 0 Å². The van der Waals surface area contributed by atoms with Gasteiger partial charge in [-0.25, -0.2) is 4.98 Å². The summed E-state index contributed by atoms with van der Waals surface area (Å²) in [5.74, 6) is 1.82. The Bertz CT molecular complexity index is 499. The van der Waals surface area contributed by atoms with Crippen LogP contribution in [0.2, 0.25) is 0 Å². The number of aryl methyl sites for hydroxylation is 1. The second kappa shape index (κ2) is 7.24. The normalized spacial score (nSPS) is 15.6. The fraction of sp³-hybridized carbons (Fsp3) is 0.667. The maximum Gasteiger partial charge on any atom is 0.239 e. The van der Waals surface area contributed by atoms with Crippen molar-refractivity contribution in [1.82, 2.24) is 15.3 Å². The summed E-state index contributed by atoms with van der Waals surface area (Å²) in [6.07, 6.45) is 5.87. The van der Waals surface area contributed by atoms with E-state index in [-0.39, 0.29) is 12.5 Å². The van der Waals surface area contributed by atoms with E-state index in [1.54, 1.807) is 14.0 Å². The van der Waals surface area contributed by atoms with Crippen molar-refractivity contribution in [2.24, 2.45) is 0 Å². The van der Waals surface area contributed by atoms with Gasteiger partial charge in [-0.15, -0.1) is 0 Å². The van der Waals surface area contributed by atoms with Crippen molar-refractivity contribution < 1.29 is 9.53 Å². The first-order valence-electron chi connectivity index (χ1n) is 7.52. The molecule has 1 aromatic rings. The van der Waals surface area contributed by atoms with Gasteiger partial charge in [0.15, 0.2) is 0 Å². The molecular weight excluding hydrogens is 268 g/mol. The second-order valence-electron chi connectivity index (χ2n) is 5.51. The first kappa shape index (κ1) is 15.5. The summed E-state index contributed by atoms with van der Waals surface area (Å²) >= 11 is 0. The zero-order valence-electron chi connectivity index (χ0n) is 13.0. The maximum absolute atomic E-state index is 12.0. The first-order valence-corrected chi connectivity index (χ1v) is 7.52. The standard InChI is InChI=1S/C15H24N4O2/c1-10-14(17-11(2)18-15(10)21-3)16-9-13(20)19-12-7-5-4-6-8-12/h12H,4-9H2,1-3H3,(H,19,20)(H,16,17,18). The Morgan fingerprint density at radius 2 is 1.95 bits per heavy atom. The van der Waals surface area contributed by atoms with Gasteiger partial charge in [-0.1, -0.05) is 19.3 Å². The molecule has 0 radical (unpaired) electrons. The lowest BCUT2D eigenvalue weighted by atomic mass is 9.95. The van der Waals surface area contributed by atoms with Gasteiger partial charge in [0.2, 0.25) is 11.8 Å². The minimum absolute atomic E-state index is 0.0107. The van der Waals surface area contributed by atoms with Crippen LogP contribution in [-0.4, -0.2) is 35.6 Å². The predicted octanol–water partition coefficient (Wildman–Crippen LogP) is 1.96. The van der Waals surface area contributed by atoms with E-state index in [2.05, 4.69) is 20.6 Å². The monoisotopic (exact) mass is 292 g/mol. The molecule has 0 aliphatic heterocycles. The van der Waals surface area contributed by atoms with E-state index in [9.17, 15) is 4.79 Å². The van der Waals surface area contributed by atoms with Gasteiger partial charge in [0.05, 0.1) is 19.2 Å². The lowest BCUT2D eigenvalue weighted by molar-refractivity contribution is -0.120. The van der Waals surface area contributed by atoms with Gasteiger partial charge in [0, 0.05) is 6.04 Å². The molecule has 1 aromatic heterocycles. The number of nitrogens with one attached hydrogen (secondary N) is 2. The van der Waals surface area contributed by atoms with Crippen LogP contribution < -0.4 is 15.4 Å². The molecule has 6 nitrogen and oxygen atoms in total. The van der Waals surface area contributed by atoms with Crippen LogP contribution in [0.5, 0.6) is 5.88 Å². The summed E-state index contributed by atoms with van der Waals surface area (Å²) < 4.78 is 5.20. The molecule has 1 saturated carbocycles. The Kier molecular flexibility index (Phi) is 5.36. The van der Waals surface area contributed by atoms with Crippen LogP contribution in [0.15, 0.2) is 0 Å². The lowest BCUT2D eigenvalue weighted by Crippen LogP contribution is -2.39. The predicted molar refractivity (Wildman–Crippen MR) is 81.6 cm³/mol. The molecule has 2 N–H and O–H groups in total. The molecule has 21 heavy (non-hydrogen) atoms. The molecule has 1 heterocycles. The Hall–Kier alpha value is -1.85. The van der Waals surface area contributed by atoms with E-state index in [1.807, 2.05) is 6.92 Å². The SMILES string of the molecule is COc1nc(C)nc(NCC(=O)NC2CCCCC2)c1C. The number of amides is 1. The van der Waals surface area contributed by atoms with Crippen molar-refractivity contribution in [2.45, 2.75) is 52.0 Å². The Morgan fingerprint density at radius 1 is 1.24 bits per heavy atom. The summed E-state index contributed by atoms with van der Waals surface area (Å²) in [5.41, 5.74) is 0.813. The number of rotatable bonds is 5. The van der Waals surface area contributed by atoms with Gasteiger partial charge in [-0.05, 0) is 26.7 Å². The van der Waals surface area contributed by atoms with Gasteiger partial charge in [-0.2, -0.15) is 4.98 Å². The van der Waals surface area contributed by atoms with E-state index in [4.69, 9.17) is 4.74 Å². The molecule has 116 valence electrons. The number of carbonyl (C=O) groups is 1. The molecule has 0 atom stereocenters. The summed E-state index contributed by atoms with van der Waals surface area (Å²) in [6.45, 7) is 3.89. The highest BCUT2D eigenvalue weighted by Gasteiger charge is 2.16. The fourth-order valence-corrected chi connectivity index (χ4v) is 2.66. The molecule has 6 heteroatoms. The highest BCUT2D eigenvalue weighted by molar-refractivity contribution is 5.81. The third-order valence-electron chi connectivity index (χ3n) is 3.79. The number of carbonyl (C=O) groups excluding carboxylic acids is 1. The molecule has 1 aliphatic carbocycles. The van der Waals surface area contributed by atoms with Crippen LogP contribution in [0, 0.1) is 13.8 Å². The van der Waals surface area contributed by atoms with Crippen molar-refractivity contribution in [3.8, 4) is 5.88 Å². The van der Waals surface area contributed by atoms with Gasteiger partial charge in [0.1, 0.15) is 11.6 Å². The van der Waals surface area contributed by atoms with Gasteiger partial charge in [0.25, 0.3) is 0 Å². The molecular formula is C15H24N4O2. The van der Waals surface area contributed by atoms with Crippen molar-refractivity contribution in [2.75, 3.05) is 19.0 Å². The van der Waals surface area contributed by atoms with Crippen molar-refractivity contribution in [1.29, 1.82) is 0 Å². The van der Waals surface area contributed by atoms with Crippen molar-refractivity contribution >= 4 is 11.7 Å². The largest absolute Gasteiger partial charge is 0.481 e. The number of methoxy groups -OCH3 is 1. The summed E-state index contributed by atoms with van der Waals surface area (Å²) in [6, 6.07) is 0.329. The molecule has 0 aromatic carbocycles. The molecule has 1 amide bonds. The van der Waals surface area contributed by atoms with Crippen molar-refractivity contribution in [3.05, 3.63) is 11.4 Å². The molecule has 0 spiro atoms. The minimum atomic E-state index is 0.0107. The number of aromatic nitrogens is 2. The van der Waals surface area contributed by atoms with E-state index in [0.717, 1.165) is 18.4 Å². The summed E-state index contributed by atoms with van der Waals surface area (Å²) in [5, 5.41) is 6.15. The first-order chi connectivity index (χ1) is 10.1. The van der Waals surface area contributed by atoms with Crippen LogP contribution in [0.25, 0.3) is 0 Å². The summed E-state index contributed by atoms with van der Waals surface area (Å²) in [7, 11) is 1.58. The lowest BCUT2D eigenvalue weighted by Gasteiger charge is -2.23. The third kappa shape index (κ3) is 4.31. The highest BCUT2D eigenvalue weighted by Crippen LogP contribution is 2.21. The second-order valence-corrected chi connectivity index (χ2v) is 5.51. The van der Waals surface area contributed by atoms with Gasteiger partial charge >= 0.3 is 0 Å². The smallest absolute Gasteiger partial charge is 0.239 e.